The molecule has 0 radical (unpaired) electrons. The summed E-state index contributed by atoms with van der Waals surface area (Å²) in [5, 5.41) is 11.0. The molecule has 7 nitrogen and oxygen atoms in total. The van der Waals surface area contributed by atoms with Gasteiger partial charge >= 0.3 is 0 Å². The smallest absolute Gasteiger partial charge is 0.251 e. The van der Waals surface area contributed by atoms with Crippen molar-refractivity contribution in [3.8, 4) is 0 Å². The number of carbonyl (C=O) groups is 1. The number of anilines is 1. The van der Waals surface area contributed by atoms with Crippen LogP contribution in [-0.2, 0) is 11.3 Å². The van der Waals surface area contributed by atoms with Gasteiger partial charge in [-0.1, -0.05) is 12.1 Å². The third-order valence-corrected chi connectivity index (χ3v) is 3.51. The highest BCUT2D eigenvalue weighted by molar-refractivity contribution is 5.91. The second-order valence-corrected chi connectivity index (χ2v) is 5.56. The molecule has 0 saturated carbocycles. The van der Waals surface area contributed by atoms with Crippen molar-refractivity contribution in [1.29, 1.82) is 0 Å². The van der Waals surface area contributed by atoms with Gasteiger partial charge in [-0.15, -0.1) is 5.10 Å². The Morgan fingerprint density at radius 1 is 1.42 bits per heavy atom. The van der Waals surface area contributed by atoms with Crippen molar-refractivity contribution in [2.45, 2.75) is 26.4 Å². The van der Waals surface area contributed by atoms with Crippen LogP contribution in [0.1, 0.15) is 24.1 Å². The Morgan fingerprint density at radius 2 is 2.25 bits per heavy atom. The molecule has 0 aliphatic heterocycles. The van der Waals surface area contributed by atoms with Gasteiger partial charge in [0, 0.05) is 6.20 Å². The van der Waals surface area contributed by atoms with Crippen LogP contribution in [0.25, 0.3) is 0 Å². The lowest BCUT2D eigenvalue weighted by molar-refractivity contribution is -0.119. The van der Waals surface area contributed by atoms with Gasteiger partial charge in [0.25, 0.3) is 5.91 Å². The number of aromatic nitrogens is 5. The Labute approximate surface area is 138 Å². The maximum Gasteiger partial charge on any atom is 0.251 e. The van der Waals surface area contributed by atoms with Gasteiger partial charge in [0.05, 0.1) is 12.7 Å². The van der Waals surface area contributed by atoms with Crippen molar-refractivity contribution in [2.75, 3.05) is 5.32 Å². The van der Waals surface area contributed by atoms with Crippen LogP contribution >= 0.6 is 0 Å². The molecule has 24 heavy (non-hydrogen) atoms. The molecule has 0 aliphatic carbocycles. The molecule has 1 aromatic carbocycles. The summed E-state index contributed by atoms with van der Waals surface area (Å²) < 4.78 is 16.3. The first kappa shape index (κ1) is 15.9. The Kier molecular flexibility index (Phi) is 4.37. The Morgan fingerprint density at radius 3 is 2.96 bits per heavy atom. The molecule has 1 N–H and O–H groups in total. The molecule has 2 aromatic heterocycles. The third-order valence-electron chi connectivity index (χ3n) is 3.51. The van der Waals surface area contributed by atoms with Crippen LogP contribution in [0.5, 0.6) is 0 Å². The fraction of sp³-hybridized carbons (Fsp3) is 0.250. The van der Waals surface area contributed by atoms with Crippen molar-refractivity contribution in [3.63, 3.8) is 0 Å². The molecule has 0 aliphatic rings. The third kappa shape index (κ3) is 3.65. The topological polar surface area (TPSA) is 77.6 Å². The summed E-state index contributed by atoms with van der Waals surface area (Å²) in [5.41, 5.74) is 1.74. The van der Waals surface area contributed by atoms with E-state index < -0.39 is 6.04 Å². The van der Waals surface area contributed by atoms with Crippen molar-refractivity contribution < 1.29 is 9.18 Å². The second-order valence-electron chi connectivity index (χ2n) is 5.56. The zero-order chi connectivity index (χ0) is 17.1. The molecule has 3 rings (SSSR count). The molecule has 3 aromatic rings. The van der Waals surface area contributed by atoms with Crippen molar-refractivity contribution in [1.82, 2.24) is 24.5 Å². The number of nitrogens with zero attached hydrogens (tertiary/aromatic N) is 5. The lowest BCUT2D eigenvalue weighted by Gasteiger charge is -2.10. The molecule has 0 saturated heterocycles. The van der Waals surface area contributed by atoms with Crippen LogP contribution in [0, 0.1) is 12.7 Å². The molecule has 0 fully saturated rings. The Bertz CT molecular complexity index is 856. The average molecular weight is 328 g/mol. The minimum Gasteiger partial charge on any atom is -0.291 e. The summed E-state index contributed by atoms with van der Waals surface area (Å²) in [6.07, 6.45) is 4.97. The second kappa shape index (κ2) is 6.61. The molecule has 0 spiro atoms. The largest absolute Gasteiger partial charge is 0.291 e. The fourth-order valence-electron chi connectivity index (χ4n) is 2.23. The van der Waals surface area contributed by atoms with E-state index in [4.69, 9.17) is 0 Å². The maximum atomic E-state index is 13.2. The van der Waals surface area contributed by atoms with E-state index in [1.54, 1.807) is 36.1 Å². The minimum absolute atomic E-state index is 0.201. The predicted molar refractivity (Wildman–Crippen MR) is 85.8 cm³/mol. The van der Waals surface area contributed by atoms with Crippen LogP contribution in [-0.4, -0.2) is 30.5 Å². The SMILES string of the molecule is Cc1cnn(C(C)C(=O)Nc2ncn(Cc3cccc(F)c3)n2)c1. The van der Waals surface area contributed by atoms with Crippen molar-refractivity contribution >= 4 is 11.9 Å². The maximum absolute atomic E-state index is 13.2. The number of halogens is 1. The average Bonchev–Trinajstić information content (AvgIpc) is 3.16. The first-order valence-corrected chi connectivity index (χ1v) is 7.47. The highest BCUT2D eigenvalue weighted by atomic mass is 19.1. The van der Waals surface area contributed by atoms with Gasteiger partial charge in [-0.2, -0.15) is 5.10 Å². The first-order valence-electron chi connectivity index (χ1n) is 7.47. The Balaban J connectivity index is 1.64. The van der Waals surface area contributed by atoms with E-state index in [9.17, 15) is 9.18 Å². The number of rotatable bonds is 5. The number of carbonyl (C=O) groups excluding carboxylic acids is 1. The molecule has 8 heteroatoms. The van der Waals surface area contributed by atoms with Crippen molar-refractivity contribution in [2.24, 2.45) is 0 Å². The van der Waals surface area contributed by atoms with Gasteiger partial charge in [-0.25, -0.2) is 14.1 Å². The number of aryl methyl sites for hydroxylation is 1. The van der Waals surface area contributed by atoms with Gasteiger partial charge in [0.1, 0.15) is 18.2 Å². The summed E-state index contributed by atoms with van der Waals surface area (Å²) in [7, 11) is 0. The highest BCUT2D eigenvalue weighted by Crippen LogP contribution is 2.10. The van der Waals surface area contributed by atoms with E-state index >= 15 is 0 Å². The minimum atomic E-state index is -0.478. The fourth-order valence-corrected chi connectivity index (χ4v) is 2.23. The predicted octanol–water partition coefficient (Wildman–Crippen LogP) is 2.17. The number of amides is 1. The summed E-state index contributed by atoms with van der Waals surface area (Å²) in [6.45, 7) is 4.02. The van der Waals surface area contributed by atoms with Crippen molar-refractivity contribution in [3.05, 3.63) is 59.9 Å². The summed E-state index contributed by atoms with van der Waals surface area (Å²) in [6, 6.07) is 5.77. The van der Waals surface area contributed by atoms with E-state index in [0.29, 0.717) is 6.54 Å². The molecule has 0 bridgehead atoms. The van der Waals surface area contributed by atoms with Gasteiger partial charge in [0.2, 0.25) is 5.95 Å². The Hall–Kier alpha value is -3.03. The zero-order valence-corrected chi connectivity index (χ0v) is 13.3. The number of benzene rings is 1. The van der Waals surface area contributed by atoms with E-state index in [1.807, 2.05) is 6.92 Å². The number of nitrogens with one attached hydrogen (secondary N) is 1. The number of hydrogen-bond acceptors (Lipinski definition) is 4. The summed E-state index contributed by atoms with van der Waals surface area (Å²) >= 11 is 0. The molecule has 1 amide bonds. The standard InChI is InChI=1S/C16H17FN6O/c1-11-7-19-23(8-11)12(2)15(24)20-16-18-10-22(21-16)9-13-4-3-5-14(17)6-13/h3-8,10,12H,9H2,1-2H3,(H,20,21,24). The summed E-state index contributed by atoms with van der Waals surface area (Å²) in [4.78, 5) is 16.3. The lowest BCUT2D eigenvalue weighted by Crippen LogP contribution is -2.24. The van der Waals surface area contributed by atoms with Gasteiger partial charge in [-0.05, 0) is 37.1 Å². The van der Waals surface area contributed by atoms with Gasteiger partial charge in [0.15, 0.2) is 0 Å². The molecule has 2 heterocycles. The van der Waals surface area contributed by atoms with Gasteiger partial charge in [-0.3, -0.25) is 14.8 Å². The van der Waals surface area contributed by atoms with Crippen LogP contribution in [0.15, 0.2) is 43.0 Å². The van der Waals surface area contributed by atoms with Crippen LogP contribution in [0.3, 0.4) is 0 Å². The highest BCUT2D eigenvalue weighted by Gasteiger charge is 2.17. The van der Waals surface area contributed by atoms with E-state index in [1.165, 1.54) is 23.1 Å². The van der Waals surface area contributed by atoms with E-state index in [2.05, 4.69) is 20.5 Å². The monoisotopic (exact) mass is 328 g/mol. The zero-order valence-electron chi connectivity index (χ0n) is 13.3. The quantitative estimate of drug-likeness (QED) is 0.778. The van der Waals surface area contributed by atoms with E-state index in [-0.39, 0.29) is 17.7 Å². The van der Waals surface area contributed by atoms with E-state index in [0.717, 1.165) is 11.1 Å². The molecular weight excluding hydrogens is 311 g/mol. The molecular formula is C16H17FN6O. The summed E-state index contributed by atoms with van der Waals surface area (Å²) in [5.74, 6) is -0.363. The lowest BCUT2D eigenvalue weighted by atomic mass is 10.2. The van der Waals surface area contributed by atoms with Crippen LogP contribution in [0.2, 0.25) is 0 Å². The first-order chi connectivity index (χ1) is 11.5. The molecule has 1 unspecified atom stereocenters. The normalized spacial score (nSPS) is 12.1. The molecule has 1 atom stereocenters. The number of hydrogen-bond donors (Lipinski definition) is 1. The molecule has 124 valence electrons. The van der Waals surface area contributed by atoms with Gasteiger partial charge < -0.3 is 0 Å². The van der Waals surface area contributed by atoms with Crippen LogP contribution in [0.4, 0.5) is 10.3 Å². The van der Waals surface area contributed by atoms with Crippen LogP contribution < -0.4 is 5.32 Å².